The van der Waals surface area contributed by atoms with E-state index in [2.05, 4.69) is 25.9 Å². The van der Waals surface area contributed by atoms with Gasteiger partial charge >= 0.3 is 0 Å². The molecular formula is C11H10BrN3O. The molecule has 0 saturated carbocycles. The second-order valence-corrected chi connectivity index (χ2v) is 4.04. The van der Waals surface area contributed by atoms with Gasteiger partial charge in [0.25, 0.3) is 0 Å². The molecule has 0 radical (unpaired) electrons. The Bertz CT molecular complexity index is 502. The zero-order valence-electron chi connectivity index (χ0n) is 8.64. The van der Waals surface area contributed by atoms with Crippen molar-refractivity contribution >= 4 is 21.6 Å². The van der Waals surface area contributed by atoms with Gasteiger partial charge in [0.05, 0.1) is 22.6 Å². The molecule has 0 unspecified atom stereocenters. The molecule has 82 valence electrons. The molecule has 0 spiro atoms. The van der Waals surface area contributed by atoms with E-state index in [0.29, 0.717) is 17.3 Å². The maximum absolute atomic E-state index is 5.72. The van der Waals surface area contributed by atoms with E-state index >= 15 is 0 Å². The van der Waals surface area contributed by atoms with Gasteiger partial charge in [-0.15, -0.1) is 0 Å². The van der Waals surface area contributed by atoms with E-state index < -0.39 is 0 Å². The zero-order valence-corrected chi connectivity index (χ0v) is 10.2. The third kappa shape index (κ3) is 2.14. The van der Waals surface area contributed by atoms with E-state index in [0.717, 1.165) is 10.0 Å². The molecule has 2 aromatic heterocycles. The first-order valence-electron chi connectivity index (χ1n) is 4.67. The summed E-state index contributed by atoms with van der Waals surface area (Å²) in [5.41, 5.74) is 7.26. The smallest absolute Gasteiger partial charge is 0.234 e. The Morgan fingerprint density at radius 1 is 1.38 bits per heavy atom. The Morgan fingerprint density at radius 3 is 2.88 bits per heavy atom. The fourth-order valence-electron chi connectivity index (χ4n) is 1.16. The molecule has 0 atom stereocenters. The maximum atomic E-state index is 5.72. The lowest BCUT2D eigenvalue weighted by Crippen LogP contribution is -1.96. The first-order valence-corrected chi connectivity index (χ1v) is 5.46. The molecule has 2 heterocycles. The van der Waals surface area contributed by atoms with Crippen LogP contribution in [0.3, 0.4) is 0 Å². The fourth-order valence-corrected chi connectivity index (χ4v) is 1.57. The monoisotopic (exact) mass is 279 g/mol. The number of rotatable bonds is 2. The molecule has 2 N–H and O–H groups in total. The SMILES string of the molecule is Cc1c(N)cnc(Oc2cccnc2)c1Br. The molecule has 0 bridgehead atoms. The van der Waals surface area contributed by atoms with Crippen molar-refractivity contribution in [3.63, 3.8) is 0 Å². The number of pyridine rings is 2. The van der Waals surface area contributed by atoms with E-state index in [1.807, 2.05) is 13.0 Å². The van der Waals surface area contributed by atoms with Crippen molar-refractivity contribution in [2.75, 3.05) is 5.73 Å². The van der Waals surface area contributed by atoms with Crippen LogP contribution in [0.4, 0.5) is 5.69 Å². The number of halogens is 1. The van der Waals surface area contributed by atoms with Crippen LogP contribution < -0.4 is 10.5 Å². The average molecular weight is 280 g/mol. The van der Waals surface area contributed by atoms with Gasteiger partial charge in [-0.1, -0.05) is 0 Å². The standard InChI is InChI=1S/C11H10BrN3O/c1-7-9(13)6-15-11(10(7)12)16-8-3-2-4-14-5-8/h2-6H,13H2,1H3. The van der Waals surface area contributed by atoms with Crippen LogP contribution in [0.15, 0.2) is 35.2 Å². The van der Waals surface area contributed by atoms with E-state index in [-0.39, 0.29) is 0 Å². The summed E-state index contributed by atoms with van der Waals surface area (Å²) >= 11 is 3.40. The van der Waals surface area contributed by atoms with Crippen LogP contribution in [0.25, 0.3) is 0 Å². The van der Waals surface area contributed by atoms with Crippen LogP contribution >= 0.6 is 15.9 Å². The molecule has 4 nitrogen and oxygen atoms in total. The van der Waals surface area contributed by atoms with E-state index in [1.54, 1.807) is 24.7 Å². The number of nitrogens with two attached hydrogens (primary N) is 1. The molecule has 0 aliphatic carbocycles. The average Bonchev–Trinajstić information content (AvgIpc) is 2.31. The van der Waals surface area contributed by atoms with Gasteiger partial charge in [-0.25, -0.2) is 4.98 Å². The number of hydrogen-bond acceptors (Lipinski definition) is 4. The van der Waals surface area contributed by atoms with Crippen molar-refractivity contribution in [1.82, 2.24) is 9.97 Å². The van der Waals surface area contributed by atoms with Crippen LogP contribution in [0.2, 0.25) is 0 Å². The Balaban J connectivity index is 2.33. The molecule has 2 aromatic rings. The predicted molar refractivity (Wildman–Crippen MR) is 65.4 cm³/mol. The van der Waals surface area contributed by atoms with Crippen molar-refractivity contribution in [3.05, 3.63) is 40.8 Å². The van der Waals surface area contributed by atoms with E-state index in [9.17, 15) is 0 Å². The molecule has 0 aliphatic rings. The number of nitrogens with zero attached hydrogens (tertiary/aromatic N) is 2. The zero-order chi connectivity index (χ0) is 11.5. The largest absolute Gasteiger partial charge is 0.436 e. The second-order valence-electron chi connectivity index (χ2n) is 3.25. The molecule has 0 amide bonds. The highest BCUT2D eigenvalue weighted by molar-refractivity contribution is 9.10. The molecule has 5 heteroatoms. The second kappa shape index (κ2) is 4.49. The quantitative estimate of drug-likeness (QED) is 0.918. The van der Waals surface area contributed by atoms with E-state index in [4.69, 9.17) is 10.5 Å². The Morgan fingerprint density at radius 2 is 2.19 bits per heavy atom. The highest BCUT2D eigenvalue weighted by Crippen LogP contribution is 2.32. The summed E-state index contributed by atoms with van der Waals surface area (Å²) in [7, 11) is 0. The molecule has 0 saturated heterocycles. The van der Waals surface area contributed by atoms with Crippen molar-refractivity contribution < 1.29 is 4.74 Å². The lowest BCUT2D eigenvalue weighted by Gasteiger charge is -2.09. The van der Waals surface area contributed by atoms with Crippen LogP contribution in [-0.2, 0) is 0 Å². The van der Waals surface area contributed by atoms with Gasteiger partial charge in [-0.3, -0.25) is 4.98 Å². The van der Waals surface area contributed by atoms with Crippen LogP contribution in [-0.4, -0.2) is 9.97 Å². The number of hydrogen-bond donors (Lipinski definition) is 1. The number of ether oxygens (including phenoxy) is 1. The van der Waals surface area contributed by atoms with Gasteiger partial charge in [0.2, 0.25) is 5.88 Å². The molecule has 0 aromatic carbocycles. The van der Waals surface area contributed by atoms with Gasteiger partial charge in [0.1, 0.15) is 5.75 Å². The van der Waals surface area contributed by atoms with Gasteiger partial charge < -0.3 is 10.5 Å². The molecule has 2 rings (SSSR count). The first-order chi connectivity index (χ1) is 7.68. The summed E-state index contributed by atoms with van der Waals surface area (Å²) in [4.78, 5) is 8.07. The van der Waals surface area contributed by atoms with Crippen LogP contribution in [0, 0.1) is 6.92 Å². The minimum absolute atomic E-state index is 0.486. The van der Waals surface area contributed by atoms with Crippen molar-refractivity contribution in [2.24, 2.45) is 0 Å². The molecule has 0 fully saturated rings. The summed E-state index contributed by atoms with van der Waals surface area (Å²) in [6.45, 7) is 1.90. The molecular weight excluding hydrogens is 270 g/mol. The number of anilines is 1. The normalized spacial score (nSPS) is 10.1. The lowest BCUT2D eigenvalue weighted by atomic mass is 10.2. The molecule has 0 aliphatic heterocycles. The summed E-state index contributed by atoms with van der Waals surface area (Å²) < 4.78 is 6.33. The Kier molecular flexibility index (Phi) is 3.05. The molecule has 16 heavy (non-hydrogen) atoms. The summed E-state index contributed by atoms with van der Waals surface area (Å²) in [5, 5.41) is 0. The van der Waals surface area contributed by atoms with Crippen LogP contribution in [0.1, 0.15) is 5.56 Å². The number of aromatic nitrogens is 2. The summed E-state index contributed by atoms with van der Waals surface area (Å²) in [6.07, 6.45) is 4.88. The highest BCUT2D eigenvalue weighted by atomic mass is 79.9. The van der Waals surface area contributed by atoms with Gasteiger partial charge in [-0.2, -0.15) is 0 Å². The fraction of sp³-hybridized carbons (Fsp3) is 0.0909. The summed E-state index contributed by atoms with van der Waals surface area (Å²) in [6, 6.07) is 3.61. The third-order valence-corrected chi connectivity index (χ3v) is 3.05. The number of nitrogen functional groups attached to an aromatic ring is 1. The minimum atomic E-state index is 0.486. The van der Waals surface area contributed by atoms with Crippen LogP contribution in [0.5, 0.6) is 11.6 Å². The summed E-state index contributed by atoms with van der Waals surface area (Å²) in [5.74, 6) is 1.12. The van der Waals surface area contributed by atoms with Gasteiger partial charge in [0, 0.05) is 6.20 Å². The third-order valence-electron chi connectivity index (χ3n) is 2.12. The minimum Gasteiger partial charge on any atom is -0.436 e. The Labute approximate surface area is 102 Å². The lowest BCUT2D eigenvalue weighted by molar-refractivity contribution is 0.457. The highest BCUT2D eigenvalue weighted by Gasteiger charge is 2.09. The van der Waals surface area contributed by atoms with Gasteiger partial charge in [0.15, 0.2) is 0 Å². The Hall–Kier alpha value is -1.62. The first kappa shape index (κ1) is 10.9. The van der Waals surface area contributed by atoms with Crippen molar-refractivity contribution in [2.45, 2.75) is 6.92 Å². The van der Waals surface area contributed by atoms with Crippen molar-refractivity contribution in [1.29, 1.82) is 0 Å². The van der Waals surface area contributed by atoms with Gasteiger partial charge in [-0.05, 0) is 40.5 Å². The van der Waals surface area contributed by atoms with Crippen molar-refractivity contribution in [3.8, 4) is 11.6 Å². The maximum Gasteiger partial charge on any atom is 0.234 e. The topological polar surface area (TPSA) is 61.0 Å². The predicted octanol–water partition coefficient (Wildman–Crippen LogP) is 2.92. The van der Waals surface area contributed by atoms with E-state index in [1.165, 1.54) is 0 Å².